The van der Waals surface area contributed by atoms with E-state index in [4.69, 9.17) is 9.47 Å². The molecule has 1 aliphatic heterocycles. The third-order valence-corrected chi connectivity index (χ3v) is 7.49. The first-order valence-electron chi connectivity index (χ1n) is 11.3. The molecule has 1 saturated heterocycles. The molecule has 4 aliphatic carbocycles. The number of benzene rings is 2. The van der Waals surface area contributed by atoms with Crippen LogP contribution < -0.4 is 14.8 Å². The fourth-order valence-corrected chi connectivity index (χ4v) is 5.90. The molecule has 168 valence electrons. The molecule has 1 N–H and O–H groups in total. The van der Waals surface area contributed by atoms with Crippen molar-refractivity contribution in [2.45, 2.75) is 6.42 Å². The lowest BCUT2D eigenvalue weighted by Gasteiger charge is -2.37. The van der Waals surface area contributed by atoms with Gasteiger partial charge in [-0.2, -0.15) is 0 Å². The van der Waals surface area contributed by atoms with Crippen LogP contribution in [-0.4, -0.2) is 36.3 Å². The van der Waals surface area contributed by atoms with Crippen LogP contribution in [0.5, 0.6) is 17.2 Å². The van der Waals surface area contributed by atoms with Gasteiger partial charge in [0, 0.05) is 5.69 Å². The number of nitrogens with zero attached hydrogens (tertiary/aromatic N) is 1. The number of nitrogens with one attached hydrogen (secondary N) is 1. The maximum absolute atomic E-state index is 13.0. The molecule has 0 radical (unpaired) electrons. The van der Waals surface area contributed by atoms with Gasteiger partial charge in [0.1, 0.15) is 23.8 Å². The van der Waals surface area contributed by atoms with Crippen LogP contribution in [-0.2, 0) is 14.4 Å². The summed E-state index contributed by atoms with van der Waals surface area (Å²) in [4.78, 5) is 39.8. The highest BCUT2D eigenvalue weighted by Crippen LogP contribution is 2.65. The summed E-state index contributed by atoms with van der Waals surface area (Å²) in [5.41, 5.74) is 0.571. The van der Waals surface area contributed by atoms with Crippen LogP contribution in [0.15, 0.2) is 60.7 Å². The van der Waals surface area contributed by atoms with Crippen molar-refractivity contribution >= 4 is 23.4 Å². The van der Waals surface area contributed by atoms with Gasteiger partial charge in [-0.05, 0) is 78.6 Å². The van der Waals surface area contributed by atoms with Crippen LogP contribution in [0.3, 0.4) is 0 Å². The highest BCUT2D eigenvalue weighted by atomic mass is 16.5. The van der Waals surface area contributed by atoms with Crippen molar-refractivity contribution in [3.8, 4) is 17.2 Å². The molecule has 2 aromatic rings. The van der Waals surface area contributed by atoms with E-state index in [-0.39, 0.29) is 47.9 Å². The molecule has 7 nitrogen and oxygen atoms in total. The zero-order valence-corrected chi connectivity index (χ0v) is 18.1. The second kappa shape index (κ2) is 7.47. The lowest BCUT2D eigenvalue weighted by Crippen LogP contribution is -2.40. The minimum atomic E-state index is -0.385. The van der Waals surface area contributed by atoms with Crippen molar-refractivity contribution in [3.63, 3.8) is 0 Å². The second-order valence-corrected chi connectivity index (χ2v) is 9.27. The van der Waals surface area contributed by atoms with E-state index in [1.165, 1.54) is 4.90 Å². The number of hydrogen-bond acceptors (Lipinski definition) is 5. The summed E-state index contributed by atoms with van der Waals surface area (Å²) in [5, 5.41) is 2.78. The van der Waals surface area contributed by atoms with Gasteiger partial charge in [-0.3, -0.25) is 19.3 Å². The number of ether oxygens (including phenoxy) is 2. The molecule has 1 heterocycles. The Balaban J connectivity index is 1.08. The zero-order chi connectivity index (χ0) is 22.7. The van der Waals surface area contributed by atoms with Gasteiger partial charge in [0.05, 0.1) is 18.9 Å². The van der Waals surface area contributed by atoms with E-state index >= 15 is 0 Å². The molecule has 7 rings (SSSR count). The molecule has 2 saturated carbocycles. The number of carbonyl (C=O) groups is 3. The predicted molar refractivity (Wildman–Crippen MR) is 120 cm³/mol. The lowest BCUT2D eigenvalue weighted by molar-refractivity contribution is -0.142. The van der Waals surface area contributed by atoms with Gasteiger partial charge in [0.2, 0.25) is 17.7 Å². The van der Waals surface area contributed by atoms with Crippen LogP contribution in [0.1, 0.15) is 6.42 Å². The highest BCUT2D eigenvalue weighted by molar-refractivity contribution is 6.09. The molecule has 0 aromatic heterocycles. The van der Waals surface area contributed by atoms with Gasteiger partial charge >= 0.3 is 0 Å². The Labute approximate surface area is 191 Å². The first-order valence-corrected chi connectivity index (χ1v) is 11.3. The number of carbonyl (C=O) groups excluding carboxylic acids is 3. The van der Waals surface area contributed by atoms with E-state index in [0.717, 1.165) is 12.2 Å². The quantitative estimate of drug-likeness (QED) is 0.545. The van der Waals surface area contributed by atoms with Crippen LogP contribution in [0, 0.1) is 35.5 Å². The number of allylic oxidation sites excluding steroid dienone is 2. The molecule has 0 unspecified atom stereocenters. The molecule has 2 aromatic carbocycles. The lowest BCUT2D eigenvalue weighted by atomic mass is 9.63. The summed E-state index contributed by atoms with van der Waals surface area (Å²) in [6, 6.07) is 14.2. The molecule has 6 atom stereocenters. The number of anilines is 1. The molecule has 3 amide bonds. The molecular formula is C26H24N2O5. The highest BCUT2D eigenvalue weighted by Gasteiger charge is 2.67. The Bertz CT molecular complexity index is 1120. The third kappa shape index (κ3) is 3.30. The standard InChI is InChI=1S/C26H24N2O5/c1-32-15-6-8-17(9-7-15)33-16-4-2-14(3-5-16)27-22(29)13-28-25(30)23-18-10-11-19(21-12-20(18)21)24(23)26(28)31/h2-11,18-21,23-24H,12-13H2,1H3,(H,27,29)/t18-,19-,20-,21-,23-,24+/m0/s1. The summed E-state index contributed by atoms with van der Waals surface area (Å²) >= 11 is 0. The Morgan fingerprint density at radius 1 is 0.879 bits per heavy atom. The van der Waals surface area contributed by atoms with E-state index in [1.807, 2.05) is 12.1 Å². The van der Waals surface area contributed by atoms with Crippen LogP contribution in [0.2, 0.25) is 0 Å². The topological polar surface area (TPSA) is 84.9 Å². The van der Waals surface area contributed by atoms with Gasteiger partial charge < -0.3 is 14.8 Å². The molecule has 3 fully saturated rings. The summed E-state index contributed by atoms with van der Waals surface area (Å²) in [6.45, 7) is -0.246. The van der Waals surface area contributed by atoms with E-state index in [9.17, 15) is 14.4 Å². The average molecular weight is 444 g/mol. The summed E-state index contributed by atoms with van der Waals surface area (Å²) in [5.74, 6) is 2.13. The van der Waals surface area contributed by atoms with E-state index in [2.05, 4.69) is 17.5 Å². The monoisotopic (exact) mass is 444 g/mol. The Kier molecular flexibility index (Phi) is 4.54. The first-order chi connectivity index (χ1) is 16.0. The largest absolute Gasteiger partial charge is 0.497 e. The van der Waals surface area contributed by atoms with Crippen molar-refractivity contribution in [2.75, 3.05) is 19.0 Å². The van der Waals surface area contributed by atoms with Crippen molar-refractivity contribution in [1.29, 1.82) is 0 Å². The van der Waals surface area contributed by atoms with Gasteiger partial charge in [-0.1, -0.05) is 12.2 Å². The summed E-state index contributed by atoms with van der Waals surface area (Å²) < 4.78 is 10.9. The van der Waals surface area contributed by atoms with Crippen LogP contribution in [0.25, 0.3) is 0 Å². The van der Waals surface area contributed by atoms with E-state index in [1.54, 1.807) is 43.5 Å². The number of amides is 3. The van der Waals surface area contributed by atoms with Gasteiger partial charge in [0.25, 0.3) is 0 Å². The number of hydrogen-bond donors (Lipinski definition) is 1. The average Bonchev–Trinajstić information content (AvgIpc) is 3.62. The maximum atomic E-state index is 13.0. The van der Waals surface area contributed by atoms with Crippen LogP contribution in [0.4, 0.5) is 5.69 Å². The number of imide groups is 1. The Hall–Kier alpha value is -3.61. The molecule has 0 spiro atoms. The van der Waals surface area contributed by atoms with E-state index < -0.39 is 0 Å². The van der Waals surface area contributed by atoms with Gasteiger partial charge in [-0.25, -0.2) is 0 Å². The fourth-order valence-electron chi connectivity index (χ4n) is 5.90. The molecule has 7 heteroatoms. The van der Waals surface area contributed by atoms with Crippen molar-refractivity contribution < 1.29 is 23.9 Å². The number of methoxy groups -OCH3 is 1. The summed E-state index contributed by atoms with van der Waals surface area (Å²) in [7, 11) is 1.61. The molecule has 2 bridgehead atoms. The Morgan fingerprint density at radius 3 is 1.94 bits per heavy atom. The third-order valence-electron chi connectivity index (χ3n) is 7.49. The van der Waals surface area contributed by atoms with E-state index in [0.29, 0.717) is 29.0 Å². The van der Waals surface area contributed by atoms with Gasteiger partial charge in [-0.15, -0.1) is 0 Å². The minimum Gasteiger partial charge on any atom is -0.497 e. The van der Waals surface area contributed by atoms with Crippen molar-refractivity contribution in [2.24, 2.45) is 35.5 Å². The molecule has 33 heavy (non-hydrogen) atoms. The van der Waals surface area contributed by atoms with Crippen LogP contribution >= 0.6 is 0 Å². The van der Waals surface area contributed by atoms with Crippen molar-refractivity contribution in [3.05, 3.63) is 60.7 Å². The number of rotatable bonds is 6. The molecule has 5 aliphatic rings. The first kappa shape index (κ1) is 20.0. The Morgan fingerprint density at radius 2 is 1.39 bits per heavy atom. The normalized spacial score (nSPS) is 30.6. The SMILES string of the molecule is COc1ccc(Oc2ccc(NC(=O)CN3C(=O)[C@@H]4[C@H]5C=C[C@@H]([C@@H]6C[C@@H]56)[C@@H]4C3=O)cc2)cc1. The summed E-state index contributed by atoms with van der Waals surface area (Å²) in [6.07, 6.45) is 5.38. The zero-order valence-electron chi connectivity index (χ0n) is 18.1. The second-order valence-electron chi connectivity index (χ2n) is 9.27. The fraction of sp³-hybridized carbons (Fsp3) is 0.346. The smallest absolute Gasteiger partial charge is 0.244 e. The predicted octanol–water partition coefficient (Wildman–Crippen LogP) is 3.48. The van der Waals surface area contributed by atoms with Crippen molar-refractivity contribution in [1.82, 2.24) is 4.90 Å². The van der Waals surface area contributed by atoms with Gasteiger partial charge in [0.15, 0.2) is 0 Å². The maximum Gasteiger partial charge on any atom is 0.244 e. The number of likely N-dealkylation sites (tertiary alicyclic amines) is 1. The molecular weight excluding hydrogens is 420 g/mol. The minimum absolute atomic E-state index is 0.160.